The summed E-state index contributed by atoms with van der Waals surface area (Å²) in [5.41, 5.74) is 7.15. The Kier molecular flexibility index (Phi) is 5.23. The van der Waals surface area contributed by atoms with Crippen LogP contribution in [0.2, 0.25) is 0 Å². The number of nitrogen functional groups attached to an aromatic ring is 1. The molecule has 0 aliphatic rings. The molecule has 2 rings (SSSR count). The smallest absolute Gasteiger partial charge is 0.231 e. The van der Waals surface area contributed by atoms with Crippen molar-refractivity contribution in [1.29, 1.82) is 0 Å². The molecule has 0 saturated heterocycles. The van der Waals surface area contributed by atoms with E-state index >= 15 is 0 Å². The maximum atomic E-state index is 9.64. The van der Waals surface area contributed by atoms with Crippen molar-refractivity contribution in [3.63, 3.8) is 0 Å². The van der Waals surface area contributed by atoms with Crippen molar-refractivity contribution in [2.24, 2.45) is 0 Å². The van der Waals surface area contributed by atoms with E-state index in [2.05, 4.69) is 14.9 Å². The van der Waals surface area contributed by atoms with Crippen molar-refractivity contribution in [1.82, 2.24) is 14.9 Å². The zero-order valence-corrected chi connectivity index (χ0v) is 14.5. The SMILES string of the molecule is COCCN(Cc1nc(N)c2c(C)c(C)oc2n1)C(C)(C)CO. The minimum Gasteiger partial charge on any atom is -0.443 e. The monoisotopic (exact) mass is 322 g/mol. The fourth-order valence-corrected chi connectivity index (χ4v) is 2.47. The summed E-state index contributed by atoms with van der Waals surface area (Å²) in [6.07, 6.45) is 0. The van der Waals surface area contributed by atoms with Gasteiger partial charge in [0.2, 0.25) is 5.71 Å². The molecule has 128 valence electrons. The normalized spacial score (nSPS) is 12.5. The van der Waals surface area contributed by atoms with Crippen LogP contribution in [0, 0.1) is 13.8 Å². The first-order valence-electron chi connectivity index (χ1n) is 7.67. The van der Waals surface area contributed by atoms with Gasteiger partial charge in [0.15, 0.2) is 0 Å². The van der Waals surface area contributed by atoms with Crippen LogP contribution in [0.1, 0.15) is 31.0 Å². The standard InChI is InChI=1S/C16H26N4O3/c1-10-11(2)23-15-13(10)14(17)18-12(19-15)8-20(6-7-22-5)16(3,4)9-21/h21H,6-9H2,1-5H3,(H2,17,18,19). The van der Waals surface area contributed by atoms with Gasteiger partial charge in [-0.2, -0.15) is 4.98 Å². The molecule has 0 aromatic carbocycles. The Labute approximate surface area is 136 Å². The number of aliphatic hydroxyl groups excluding tert-OH is 1. The van der Waals surface area contributed by atoms with E-state index < -0.39 is 5.54 Å². The van der Waals surface area contributed by atoms with Gasteiger partial charge in [-0.25, -0.2) is 4.98 Å². The van der Waals surface area contributed by atoms with Crippen LogP contribution in [0.15, 0.2) is 4.42 Å². The molecule has 3 N–H and O–H groups in total. The molecule has 2 heterocycles. The number of aliphatic hydroxyl groups is 1. The third kappa shape index (κ3) is 3.63. The first kappa shape index (κ1) is 17.7. The van der Waals surface area contributed by atoms with Gasteiger partial charge in [-0.1, -0.05) is 0 Å². The Hall–Kier alpha value is -1.70. The molecule has 2 aromatic rings. The number of fused-ring (bicyclic) bond motifs is 1. The van der Waals surface area contributed by atoms with Gasteiger partial charge in [-0.3, -0.25) is 4.90 Å². The molecule has 0 radical (unpaired) electrons. The number of rotatable bonds is 7. The van der Waals surface area contributed by atoms with Crippen LogP contribution in [0.5, 0.6) is 0 Å². The lowest BCUT2D eigenvalue weighted by Crippen LogP contribution is -2.48. The lowest BCUT2D eigenvalue weighted by atomic mass is 10.0. The molecule has 0 aliphatic heterocycles. The molecule has 0 saturated carbocycles. The van der Waals surface area contributed by atoms with E-state index in [4.69, 9.17) is 14.9 Å². The summed E-state index contributed by atoms with van der Waals surface area (Å²) >= 11 is 0. The zero-order valence-electron chi connectivity index (χ0n) is 14.5. The number of hydrogen-bond donors (Lipinski definition) is 2. The van der Waals surface area contributed by atoms with Crippen LogP contribution in [0.4, 0.5) is 5.82 Å². The number of hydrogen-bond acceptors (Lipinski definition) is 7. The van der Waals surface area contributed by atoms with Gasteiger partial charge < -0.3 is 20.0 Å². The summed E-state index contributed by atoms with van der Waals surface area (Å²) in [6.45, 7) is 9.44. The maximum Gasteiger partial charge on any atom is 0.231 e. The fraction of sp³-hybridized carbons (Fsp3) is 0.625. The van der Waals surface area contributed by atoms with Crippen LogP contribution in [-0.2, 0) is 11.3 Å². The molecule has 0 fully saturated rings. The van der Waals surface area contributed by atoms with Crippen LogP contribution in [0.25, 0.3) is 11.1 Å². The number of furan rings is 1. The molecule has 0 aliphatic carbocycles. The maximum absolute atomic E-state index is 9.64. The van der Waals surface area contributed by atoms with E-state index in [1.807, 2.05) is 27.7 Å². The Morgan fingerprint density at radius 1 is 1.30 bits per heavy atom. The van der Waals surface area contributed by atoms with E-state index in [0.717, 1.165) is 16.7 Å². The molecule has 23 heavy (non-hydrogen) atoms. The Bertz CT molecular complexity index is 682. The van der Waals surface area contributed by atoms with Crippen LogP contribution in [0.3, 0.4) is 0 Å². The van der Waals surface area contributed by atoms with Crippen LogP contribution in [-0.4, -0.2) is 52.4 Å². The molecule has 0 amide bonds. The third-order valence-corrected chi connectivity index (χ3v) is 4.24. The molecule has 0 spiro atoms. The number of methoxy groups -OCH3 is 1. The third-order valence-electron chi connectivity index (χ3n) is 4.24. The predicted octanol–water partition coefficient (Wildman–Crippen LogP) is 1.64. The molecule has 0 unspecified atom stereocenters. The van der Waals surface area contributed by atoms with Crippen molar-refractivity contribution in [2.45, 2.75) is 39.8 Å². The van der Waals surface area contributed by atoms with E-state index in [-0.39, 0.29) is 6.61 Å². The largest absolute Gasteiger partial charge is 0.443 e. The quantitative estimate of drug-likeness (QED) is 0.799. The Morgan fingerprint density at radius 2 is 2.00 bits per heavy atom. The number of nitrogens with two attached hydrogens (primary N) is 1. The number of ether oxygens (including phenoxy) is 1. The lowest BCUT2D eigenvalue weighted by Gasteiger charge is -2.36. The average molecular weight is 322 g/mol. The Morgan fingerprint density at radius 3 is 2.61 bits per heavy atom. The van der Waals surface area contributed by atoms with E-state index in [0.29, 0.717) is 37.1 Å². The number of nitrogens with zero attached hydrogens (tertiary/aromatic N) is 3. The highest BCUT2D eigenvalue weighted by molar-refractivity contribution is 5.88. The zero-order chi connectivity index (χ0) is 17.2. The van der Waals surface area contributed by atoms with Gasteiger partial charge in [0.25, 0.3) is 0 Å². The highest BCUT2D eigenvalue weighted by Crippen LogP contribution is 2.27. The van der Waals surface area contributed by atoms with Crippen molar-refractivity contribution in [2.75, 3.05) is 32.6 Å². The topological polar surface area (TPSA) is 97.6 Å². The second-order valence-electron chi connectivity index (χ2n) is 6.37. The lowest BCUT2D eigenvalue weighted by molar-refractivity contribution is 0.0282. The van der Waals surface area contributed by atoms with Gasteiger partial charge >= 0.3 is 0 Å². The Balaban J connectivity index is 2.34. The molecular weight excluding hydrogens is 296 g/mol. The second-order valence-corrected chi connectivity index (χ2v) is 6.37. The summed E-state index contributed by atoms with van der Waals surface area (Å²) < 4.78 is 10.8. The number of aryl methyl sites for hydroxylation is 2. The minimum atomic E-state index is -0.416. The summed E-state index contributed by atoms with van der Waals surface area (Å²) in [4.78, 5) is 11.0. The van der Waals surface area contributed by atoms with Crippen molar-refractivity contribution in [3.8, 4) is 0 Å². The van der Waals surface area contributed by atoms with Gasteiger partial charge in [0.05, 0.1) is 25.1 Å². The molecule has 0 bridgehead atoms. The second kappa shape index (κ2) is 6.82. The van der Waals surface area contributed by atoms with Crippen LogP contribution >= 0.6 is 0 Å². The van der Waals surface area contributed by atoms with Crippen molar-refractivity contribution in [3.05, 3.63) is 17.1 Å². The van der Waals surface area contributed by atoms with Crippen molar-refractivity contribution < 1.29 is 14.3 Å². The summed E-state index contributed by atoms with van der Waals surface area (Å²) in [5, 5.41) is 10.4. The molecule has 2 aromatic heterocycles. The summed E-state index contributed by atoms with van der Waals surface area (Å²) in [7, 11) is 1.65. The highest BCUT2D eigenvalue weighted by atomic mass is 16.5. The van der Waals surface area contributed by atoms with Gasteiger partial charge in [0.1, 0.15) is 17.4 Å². The van der Waals surface area contributed by atoms with E-state index in [1.165, 1.54) is 0 Å². The average Bonchev–Trinajstić information content (AvgIpc) is 2.78. The summed E-state index contributed by atoms with van der Waals surface area (Å²) in [6, 6.07) is 0. The van der Waals surface area contributed by atoms with Gasteiger partial charge in [0, 0.05) is 24.8 Å². The predicted molar refractivity (Wildman–Crippen MR) is 89.1 cm³/mol. The first-order valence-corrected chi connectivity index (χ1v) is 7.67. The molecule has 7 heteroatoms. The fourth-order valence-electron chi connectivity index (χ4n) is 2.47. The molecular formula is C16H26N4O3. The van der Waals surface area contributed by atoms with Crippen molar-refractivity contribution >= 4 is 16.9 Å². The molecule has 0 atom stereocenters. The van der Waals surface area contributed by atoms with Gasteiger partial charge in [-0.05, 0) is 27.7 Å². The van der Waals surface area contributed by atoms with E-state index in [9.17, 15) is 5.11 Å². The van der Waals surface area contributed by atoms with Gasteiger partial charge in [-0.15, -0.1) is 0 Å². The molecule has 7 nitrogen and oxygen atoms in total. The van der Waals surface area contributed by atoms with Crippen LogP contribution < -0.4 is 5.73 Å². The first-order chi connectivity index (χ1) is 10.8. The number of aromatic nitrogens is 2. The summed E-state index contributed by atoms with van der Waals surface area (Å²) in [5.74, 6) is 1.79. The minimum absolute atomic E-state index is 0.0212. The van der Waals surface area contributed by atoms with E-state index in [1.54, 1.807) is 7.11 Å². The number of anilines is 1. The highest BCUT2D eigenvalue weighted by Gasteiger charge is 2.27.